The summed E-state index contributed by atoms with van der Waals surface area (Å²) in [6.45, 7) is 3.37. The molecule has 0 bridgehead atoms. The van der Waals surface area contributed by atoms with E-state index in [1.54, 1.807) is 44.2 Å². The highest BCUT2D eigenvalue weighted by atomic mass is 16.5. The number of primary amides is 1. The van der Waals surface area contributed by atoms with Gasteiger partial charge in [0.25, 0.3) is 11.8 Å². The summed E-state index contributed by atoms with van der Waals surface area (Å²) >= 11 is 0. The summed E-state index contributed by atoms with van der Waals surface area (Å²) in [5.74, 6) is -5.09. The van der Waals surface area contributed by atoms with E-state index in [1.807, 2.05) is 0 Å². The number of ketones is 1. The number of ether oxygens (including phenoxy) is 1. The maximum atomic E-state index is 13.4. The molecule has 1 aliphatic heterocycles. The summed E-state index contributed by atoms with van der Waals surface area (Å²) < 4.78 is 5.33. The number of hydrogen-bond acceptors (Lipinski definition) is 9. The molecule has 0 radical (unpaired) electrons. The number of carbonyl (C=O) groups excluding carboxylic acids is 7. The molecule has 0 saturated heterocycles. The smallest absolute Gasteiger partial charge is 0.312 e. The number of carboxylic acid groups (broad SMARTS) is 1. The SMILES string of the molecule is CC(C)[C@H](NC(=O)[C@H](CCC(=O)O)NC(=O)CCOCCN1C(=O)C=CC1=O)C(=O)N[C@@H](CCCNC(N)=O)C(=O)c1ccccc1. The van der Waals surface area contributed by atoms with Crippen LogP contribution in [0.1, 0.15) is 56.3 Å². The molecule has 16 nitrogen and oxygen atoms in total. The Bertz CT molecular complexity index is 1320. The first kappa shape index (κ1) is 38.1. The molecule has 2 rings (SSSR count). The highest BCUT2D eigenvalue weighted by molar-refractivity contribution is 6.12. The van der Waals surface area contributed by atoms with Crippen molar-refractivity contribution in [2.24, 2.45) is 11.7 Å². The van der Waals surface area contributed by atoms with Crippen LogP contribution in [0.3, 0.4) is 0 Å². The average molecular weight is 659 g/mol. The van der Waals surface area contributed by atoms with Gasteiger partial charge in [-0.1, -0.05) is 44.2 Å². The predicted octanol–water partition coefficient (Wildman–Crippen LogP) is -0.375. The lowest BCUT2D eigenvalue weighted by Crippen LogP contribution is -2.57. The molecule has 3 atom stereocenters. The van der Waals surface area contributed by atoms with Crippen molar-refractivity contribution in [3.8, 4) is 0 Å². The van der Waals surface area contributed by atoms with Crippen molar-refractivity contribution in [1.29, 1.82) is 0 Å². The Balaban J connectivity index is 2.03. The van der Waals surface area contributed by atoms with Gasteiger partial charge in [-0.2, -0.15) is 0 Å². The first-order chi connectivity index (χ1) is 22.3. The predicted molar refractivity (Wildman–Crippen MR) is 166 cm³/mol. The molecule has 0 unspecified atom stereocenters. The number of rotatable bonds is 21. The molecule has 1 aromatic carbocycles. The molecule has 0 fully saturated rings. The number of nitrogens with zero attached hydrogens (tertiary/aromatic N) is 1. The zero-order valence-corrected chi connectivity index (χ0v) is 26.4. The molecule has 0 saturated carbocycles. The van der Waals surface area contributed by atoms with Gasteiger partial charge in [0, 0.05) is 37.1 Å². The molecular formula is C31H42N6O10. The largest absolute Gasteiger partial charge is 0.481 e. The standard InChI is InChI=1S/C31H42N6O10/c1-19(2)27(30(45)35-21(9-6-15-33-31(32)46)28(43)20-7-4-3-5-8-20)36-29(44)22(10-13-26(41)42)34-23(38)14-17-47-18-16-37-24(39)11-12-25(37)40/h3-5,7-8,11-12,19,21-22,27H,6,9-10,13-18H2,1-2H3,(H,34,38)(H,35,45)(H,36,44)(H,41,42)(H3,32,33,46)/t21-,22-,27-/m0/s1. The van der Waals surface area contributed by atoms with Gasteiger partial charge in [-0.15, -0.1) is 0 Å². The number of hydrogen-bond donors (Lipinski definition) is 6. The minimum atomic E-state index is -1.31. The van der Waals surface area contributed by atoms with Crippen LogP contribution in [0.15, 0.2) is 42.5 Å². The van der Waals surface area contributed by atoms with Crippen molar-refractivity contribution in [2.45, 2.75) is 64.1 Å². The van der Waals surface area contributed by atoms with Crippen LogP contribution in [-0.2, 0) is 33.5 Å². The van der Waals surface area contributed by atoms with Gasteiger partial charge in [0.1, 0.15) is 12.1 Å². The number of urea groups is 1. The Kier molecular flexibility index (Phi) is 15.7. The van der Waals surface area contributed by atoms with E-state index >= 15 is 0 Å². The Morgan fingerprint density at radius 3 is 2.11 bits per heavy atom. The fourth-order valence-electron chi connectivity index (χ4n) is 4.52. The second-order valence-electron chi connectivity index (χ2n) is 11.0. The number of carboxylic acids is 1. The number of imide groups is 1. The van der Waals surface area contributed by atoms with Gasteiger partial charge in [0.2, 0.25) is 17.7 Å². The summed E-state index contributed by atoms with van der Waals surface area (Å²) in [5, 5.41) is 19.3. The Morgan fingerprint density at radius 2 is 1.51 bits per heavy atom. The van der Waals surface area contributed by atoms with Crippen LogP contribution in [0, 0.1) is 5.92 Å². The molecule has 256 valence electrons. The third kappa shape index (κ3) is 13.4. The van der Waals surface area contributed by atoms with E-state index in [0.717, 1.165) is 17.1 Å². The monoisotopic (exact) mass is 658 g/mol. The molecular weight excluding hydrogens is 616 g/mol. The van der Waals surface area contributed by atoms with Crippen LogP contribution >= 0.6 is 0 Å². The molecule has 7 amide bonds. The van der Waals surface area contributed by atoms with Gasteiger partial charge < -0.3 is 36.8 Å². The molecule has 7 N–H and O–H groups in total. The van der Waals surface area contributed by atoms with Crippen molar-refractivity contribution < 1.29 is 48.2 Å². The zero-order chi connectivity index (χ0) is 34.9. The molecule has 1 aliphatic rings. The minimum Gasteiger partial charge on any atom is -0.481 e. The number of amides is 7. The molecule has 1 aromatic rings. The van der Waals surface area contributed by atoms with E-state index in [0.29, 0.717) is 12.0 Å². The maximum absolute atomic E-state index is 13.4. The molecule has 47 heavy (non-hydrogen) atoms. The zero-order valence-electron chi connectivity index (χ0n) is 26.4. The van der Waals surface area contributed by atoms with Crippen LogP contribution in [0.2, 0.25) is 0 Å². The fraction of sp³-hybridized carbons (Fsp3) is 0.484. The lowest BCUT2D eigenvalue weighted by molar-refractivity contribution is -0.139. The van der Waals surface area contributed by atoms with Crippen molar-refractivity contribution in [2.75, 3.05) is 26.3 Å². The lowest BCUT2D eigenvalue weighted by atomic mass is 9.97. The van der Waals surface area contributed by atoms with Gasteiger partial charge in [-0.25, -0.2) is 4.79 Å². The quantitative estimate of drug-likeness (QED) is 0.0568. The number of benzene rings is 1. The third-order valence-electron chi connectivity index (χ3n) is 7.04. The van der Waals surface area contributed by atoms with Crippen LogP contribution in [-0.4, -0.2) is 102 Å². The van der Waals surface area contributed by atoms with E-state index in [-0.39, 0.29) is 51.3 Å². The van der Waals surface area contributed by atoms with Crippen molar-refractivity contribution in [1.82, 2.24) is 26.2 Å². The van der Waals surface area contributed by atoms with E-state index < -0.39 is 72.0 Å². The number of nitrogens with two attached hydrogens (primary N) is 1. The molecule has 16 heteroatoms. The fourth-order valence-corrected chi connectivity index (χ4v) is 4.52. The lowest BCUT2D eigenvalue weighted by Gasteiger charge is -2.27. The number of aliphatic carboxylic acids is 1. The normalized spacial score (nSPS) is 14.3. The summed E-state index contributed by atoms with van der Waals surface area (Å²) in [5.41, 5.74) is 5.45. The van der Waals surface area contributed by atoms with E-state index in [2.05, 4.69) is 21.3 Å². The van der Waals surface area contributed by atoms with Crippen LogP contribution in [0.4, 0.5) is 4.79 Å². The first-order valence-electron chi connectivity index (χ1n) is 15.2. The topological polar surface area (TPSA) is 243 Å². The Labute approximate surface area is 271 Å². The van der Waals surface area contributed by atoms with Gasteiger partial charge >= 0.3 is 12.0 Å². The van der Waals surface area contributed by atoms with Gasteiger partial charge in [0.05, 0.1) is 25.8 Å². The molecule has 0 aromatic heterocycles. The number of Topliss-reactive ketones (excluding diaryl/α,β-unsaturated/α-hetero) is 1. The van der Waals surface area contributed by atoms with E-state index in [1.165, 1.54) is 0 Å². The summed E-state index contributed by atoms with van der Waals surface area (Å²) in [6, 6.07) is 4.08. The highest BCUT2D eigenvalue weighted by Gasteiger charge is 2.32. The van der Waals surface area contributed by atoms with Crippen molar-refractivity contribution in [3.63, 3.8) is 0 Å². The average Bonchev–Trinajstić information content (AvgIpc) is 3.34. The van der Waals surface area contributed by atoms with Crippen molar-refractivity contribution >= 4 is 47.3 Å². The summed E-state index contributed by atoms with van der Waals surface area (Å²) in [7, 11) is 0. The van der Waals surface area contributed by atoms with Gasteiger partial charge in [-0.3, -0.25) is 38.5 Å². The van der Waals surface area contributed by atoms with Gasteiger partial charge in [-0.05, 0) is 25.2 Å². The Morgan fingerprint density at radius 1 is 0.851 bits per heavy atom. The summed E-state index contributed by atoms with van der Waals surface area (Å²) in [4.78, 5) is 99.0. The number of nitrogens with one attached hydrogen (secondary N) is 4. The maximum Gasteiger partial charge on any atom is 0.312 e. The Hall–Kier alpha value is -5.12. The van der Waals surface area contributed by atoms with E-state index in [9.17, 15) is 43.5 Å². The van der Waals surface area contributed by atoms with E-state index in [4.69, 9.17) is 10.5 Å². The molecule has 0 aliphatic carbocycles. The van der Waals surface area contributed by atoms with Crippen LogP contribution in [0.25, 0.3) is 0 Å². The second-order valence-corrected chi connectivity index (χ2v) is 11.0. The van der Waals surface area contributed by atoms with Crippen molar-refractivity contribution in [3.05, 3.63) is 48.0 Å². The van der Waals surface area contributed by atoms with Gasteiger partial charge in [0.15, 0.2) is 5.78 Å². The number of carbonyl (C=O) groups is 8. The second kappa shape index (κ2) is 19.4. The molecule has 0 spiro atoms. The molecule has 1 heterocycles. The van der Waals surface area contributed by atoms with Crippen LogP contribution < -0.4 is 27.0 Å². The first-order valence-corrected chi connectivity index (χ1v) is 15.2. The highest BCUT2D eigenvalue weighted by Crippen LogP contribution is 2.11. The summed E-state index contributed by atoms with van der Waals surface area (Å²) in [6.07, 6.45) is 1.81. The van der Waals surface area contributed by atoms with Crippen LogP contribution in [0.5, 0.6) is 0 Å². The minimum absolute atomic E-state index is 0.00332. The third-order valence-corrected chi connectivity index (χ3v) is 7.04.